The van der Waals surface area contributed by atoms with Crippen molar-refractivity contribution in [1.29, 1.82) is 0 Å². The van der Waals surface area contributed by atoms with Crippen LogP contribution in [0.4, 0.5) is 0 Å². The summed E-state index contributed by atoms with van der Waals surface area (Å²) in [6.07, 6.45) is 2.15. The van der Waals surface area contributed by atoms with E-state index in [4.69, 9.17) is 0 Å². The second kappa shape index (κ2) is 7.40. The highest BCUT2D eigenvalue weighted by atomic mass is 32.2. The van der Waals surface area contributed by atoms with Crippen LogP contribution in [0, 0.1) is 0 Å². The molecule has 7 heteroatoms. The lowest BCUT2D eigenvalue weighted by Gasteiger charge is -2.22. The SMILES string of the molecule is CCC(=O)c1cccc(S(=O)(=O)NCC(C)(O)CSC)c1. The number of thioether (sulfide) groups is 1. The first kappa shape index (κ1) is 18.2. The Morgan fingerprint density at radius 3 is 2.67 bits per heavy atom. The van der Waals surface area contributed by atoms with E-state index < -0.39 is 15.6 Å². The highest BCUT2D eigenvalue weighted by molar-refractivity contribution is 7.98. The predicted octanol–water partition coefficient (Wildman–Crippen LogP) is 1.67. The molecule has 0 aliphatic rings. The standard InChI is InChI=1S/C14H21NO4S2/c1-4-13(16)11-6-5-7-12(8-11)21(18,19)15-9-14(2,17)10-20-3/h5-8,15,17H,4,9-10H2,1-3H3. The van der Waals surface area contributed by atoms with Crippen molar-refractivity contribution < 1.29 is 18.3 Å². The van der Waals surface area contributed by atoms with E-state index in [0.717, 1.165) is 0 Å². The van der Waals surface area contributed by atoms with Crippen molar-refractivity contribution in [2.45, 2.75) is 30.8 Å². The molecule has 0 radical (unpaired) electrons. The molecule has 0 fully saturated rings. The molecule has 118 valence electrons. The molecular formula is C14H21NO4S2. The van der Waals surface area contributed by atoms with Crippen molar-refractivity contribution in [3.05, 3.63) is 29.8 Å². The van der Waals surface area contributed by atoms with Crippen LogP contribution in [-0.2, 0) is 10.0 Å². The summed E-state index contributed by atoms with van der Waals surface area (Å²) < 4.78 is 26.8. The van der Waals surface area contributed by atoms with Gasteiger partial charge in [0.15, 0.2) is 5.78 Å². The first-order valence-electron chi connectivity index (χ1n) is 6.56. The average Bonchev–Trinajstić information content (AvgIpc) is 2.45. The Hall–Kier alpha value is -0.890. The summed E-state index contributed by atoms with van der Waals surface area (Å²) in [5.41, 5.74) is -0.750. The largest absolute Gasteiger partial charge is 0.388 e. The monoisotopic (exact) mass is 331 g/mol. The van der Waals surface area contributed by atoms with Gasteiger partial charge in [0.2, 0.25) is 10.0 Å². The van der Waals surface area contributed by atoms with Gasteiger partial charge in [-0.3, -0.25) is 4.79 Å². The summed E-state index contributed by atoms with van der Waals surface area (Å²) in [6, 6.07) is 5.92. The van der Waals surface area contributed by atoms with Gasteiger partial charge < -0.3 is 5.11 Å². The number of sulfonamides is 1. The second-order valence-corrected chi connectivity index (χ2v) is 7.69. The van der Waals surface area contributed by atoms with Crippen LogP contribution in [-0.4, -0.2) is 43.5 Å². The third-order valence-electron chi connectivity index (χ3n) is 2.89. The van der Waals surface area contributed by atoms with Crippen LogP contribution in [0.2, 0.25) is 0 Å². The molecule has 1 unspecified atom stereocenters. The van der Waals surface area contributed by atoms with Gasteiger partial charge in [-0.1, -0.05) is 19.1 Å². The summed E-state index contributed by atoms with van der Waals surface area (Å²) in [5.74, 6) is 0.311. The van der Waals surface area contributed by atoms with E-state index in [1.165, 1.54) is 30.0 Å². The molecule has 5 nitrogen and oxygen atoms in total. The van der Waals surface area contributed by atoms with Crippen LogP contribution in [0.3, 0.4) is 0 Å². The fourth-order valence-corrected chi connectivity index (χ4v) is 3.67. The molecule has 0 saturated carbocycles. The lowest BCUT2D eigenvalue weighted by atomic mass is 10.1. The summed E-state index contributed by atoms with van der Waals surface area (Å²) in [5, 5.41) is 10.0. The topological polar surface area (TPSA) is 83.5 Å². The van der Waals surface area contributed by atoms with Gasteiger partial charge in [0, 0.05) is 24.3 Å². The molecular weight excluding hydrogens is 310 g/mol. The molecule has 0 aromatic heterocycles. The third kappa shape index (κ3) is 5.43. The molecule has 1 aromatic carbocycles. The van der Waals surface area contributed by atoms with E-state index in [-0.39, 0.29) is 17.2 Å². The maximum Gasteiger partial charge on any atom is 0.240 e. The molecule has 1 aromatic rings. The first-order chi connectivity index (χ1) is 9.72. The minimum absolute atomic E-state index is 0.0294. The van der Waals surface area contributed by atoms with Crippen molar-refractivity contribution in [3.63, 3.8) is 0 Å². The molecule has 0 aliphatic heterocycles. The number of benzene rings is 1. The highest BCUT2D eigenvalue weighted by Gasteiger charge is 2.24. The van der Waals surface area contributed by atoms with E-state index in [9.17, 15) is 18.3 Å². The van der Waals surface area contributed by atoms with Crippen LogP contribution in [0.5, 0.6) is 0 Å². The van der Waals surface area contributed by atoms with Gasteiger partial charge in [0.1, 0.15) is 0 Å². The predicted molar refractivity (Wildman–Crippen MR) is 85.3 cm³/mol. The molecule has 0 amide bonds. The smallest absolute Gasteiger partial charge is 0.240 e. The minimum Gasteiger partial charge on any atom is -0.388 e. The minimum atomic E-state index is -3.75. The van der Waals surface area contributed by atoms with Gasteiger partial charge in [0.25, 0.3) is 0 Å². The van der Waals surface area contributed by atoms with Crippen molar-refractivity contribution in [3.8, 4) is 0 Å². The number of hydrogen-bond donors (Lipinski definition) is 2. The summed E-state index contributed by atoms with van der Waals surface area (Å²) in [7, 11) is -3.75. The molecule has 0 spiro atoms. The number of carbonyl (C=O) groups excluding carboxylic acids is 1. The molecule has 1 atom stereocenters. The lowest BCUT2D eigenvalue weighted by molar-refractivity contribution is 0.0908. The van der Waals surface area contributed by atoms with Gasteiger partial charge in [-0.2, -0.15) is 11.8 Å². The Morgan fingerprint density at radius 1 is 1.43 bits per heavy atom. The summed E-state index contributed by atoms with van der Waals surface area (Å²) in [6.45, 7) is 3.21. The van der Waals surface area contributed by atoms with Gasteiger partial charge in [-0.05, 0) is 25.3 Å². The molecule has 0 bridgehead atoms. The Balaban J connectivity index is 2.91. The fourth-order valence-electron chi connectivity index (χ4n) is 1.74. The Morgan fingerprint density at radius 2 is 2.10 bits per heavy atom. The van der Waals surface area contributed by atoms with Gasteiger partial charge in [0.05, 0.1) is 10.5 Å². The molecule has 1 rings (SSSR count). The second-order valence-electron chi connectivity index (χ2n) is 5.06. The quantitative estimate of drug-likeness (QED) is 0.708. The zero-order valence-electron chi connectivity index (χ0n) is 12.4. The molecule has 0 aliphatic carbocycles. The zero-order chi connectivity index (χ0) is 16.1. The van der Waals surface area contributed by atoms with E-state index in [1.807, 2.05) is 6.26 Å². The molecule has 0 heterocycles. The number of hydrogen-bond acceptors (Lipinski definition) is 5. The van der Waals surface area contributed by atoms with Crippen molar-refractivity contribution in [2.24, 2.45) is 0 Å². The maximum absolute atomic E-state index is 12.2. The van der Waals surface area contributed by atoms with Gasteiger partial charge in [-0.25, -0.2) is 13.1 Å². The Bertz CT molecular complexity index is 597. The first-order valence-corrected chi connectivity index (χ1v) is 9.44. The summed E-state index contributed by atoms with van der Waals surface area (Å²) >= 11 is 1.43. The third-order valence-corrected chi connectivity index (χ3v) is 5.20. The van der Waals surface area contributed by atoms with Crippen LogP contribution >= 0.6 is 11.8 Å². The van der Waals surface area contributed by atoms with Crippen LogP contribution in [0.25, 0.3) is 0 Å². The average molecular weight is 331 g/mol. The molecule has 0 saturated heterocycles. The van der Waals surface area contributed by atoms with Gasteiger partial charge >= 0.3 is 0 Å². The number of ketones is 1. The number of aliphatic hydroxyl groups is 1. The van der Waals surface area contributed by atoms with Crippen LogP contribution in [0.15, 0.2) is 29.2 Å². The van der Waals surface area contributed by atoms with E-state index in [2.05, 4.69) is 4.72 Å². The van der Waals surface area contributed by atoms with Crippen molar-refractivity contribution in [2.75, 3.05) is 18.6 Å². The van der Waals surface area contributed by atoms with Crippen molar-refractivity contribution >= 4 is 27.6 Å². The number of carbonyl (C=O) groups is 1. The summed E-state index contributed by atoms with van der Waals surface area (Å²) in [4.78, 5) is 11.7. The normalized spacial score (nSPS) is 14.7. The van der Waals surface area contributed by atoms with E-state index in [1.54, 1.807) is 19.9 Å². The molecule has 2 N–H and O–H groups in total. The fraction of sp³-hybridized carbons (Fsp3) is 0.500. The lowest BCUT2D eigenvalue weighted by Crippen LogP contribution is -2.42. The van der Waals surface area contributed by atoms with Crippen LogP contribution < -0.4 is 4.72 Å². The van der Waals surface area contributed by atoms with E-state index in [0.29, 0.717) is 17.7 Å². The number of rotatable bonds is 8. The zero-order valence-corrected chi connectivity index (χ0v) is 14.1. The molecule has 21 heavy (non-hydrogen) atoms. The van der Waals surface area contributed by atoms with Gasteiger partial charge in [-0.15, -0.1) is 0 Å². The van der Waals surface area contributed by atoms with Crippen molar-refractivity contribution in [1.82, 2.24) is 4.72 Å². The van der Waals surface area contributed by atoms with Crippen LogP contribution in [0.1, 0.15) is 30.6 Å². The number of Topliss-reactive ketones (excluding diaryl/α,β-unsaturated/α-hetero) is 1. The Labute approximate surface area is 130 Å². The maximum atomic E-state index is 12.2. The highest BCUT2D eigenvalue weighted by Crippen LogP contribution is 2.15. The Kier molecular flexibility index (Phi) is 6.40. The number of nitrogens with one attached hydrogen (secondary N) is 1. The van der Waals surface area contributed by atoms with E-state index >= 15 is 0 Å².